The van der Waals surface area contributed by atoms with Crippen LogP contribution in [0.1, 0.15) is 26.7 Å². The molecule has 0 saturated carbocycles. The summed E-state index contributed by atoms with van der Waals surface area (Å²) in [6, 6.07) is 0. The van der Waals surface area contributed by atoms with Gasteiger partial charge in [0.2, 0.25) is 0 Å². The predicted octanol–water partition coefficient (Wildman–Crippen LogP) is 3.08. The molecule has 0 atom stereocenters. The van der Waals surface area contributed by atoms with E-state index in [9.17, 15) is 0 Å². The van der Waals surface area contributed by atoms with Crippen molar-refractivity contribution in [3.8, 4) is 0 Å². The van der Waals surface area contributed by atoms with Crippen molar-refractivity contribution < 1.29 is 0 Å². The fourth-order valence-electron chi connectivity index (χ4n) is 1.13. The molecule has 80 valence electrons. The van der Waals surface area contributed by atoms with Crippen LogP contribution in [0.4, 0.5) is 0 Å². The van der Waals surface area contributed by atoms with Gasteiger partial charge < -0.3 is 4.90 Å². The second-order valence-electron chi connectivity index (χ2n) is 3.04. The van der Waals surface area contributed by atoms with Crippen molar-refractivity contribution in [3.05, 3.63) is 0 Å². The molecule has 0 spiro atoms. The smallest absolute Gasteiger partial charge is 0.0223 e. The van der Waals surface area contributed by atoms with Crippen LogP contribution in [0.5, 0.6) is 0 Å². The average molecular weight is 224 g/mol. The number of nitrogens with zero attached hydrogens (tertiary/aromatic N) is 1. The maximum absolute atomic E-state index is 5.59. The largest absolute Gasteiger partial charge is 0.303 e. The minimum Gasteiger partial charge on any atom is -0.303 e. The number of hydrogen-bond acceptors (Lipinski definition) is 2. The highest BCUT2D eigenvalue weighted by atomic mass is 35.5. The molecule has 0 saturated heterocycles. The fourth-order valence-corrected chi connectivity index (χ4v) is 2.32. The van der Waals surface area contributed by atoms with Crippen molar-refractivity contribution in [3.63, 3.8) is 0 Å². The summed E-state index contributed by atoms with van der Waals surface area (Å²) in [6.45, 7) is 8.04. The predicted molar refractivity (Wildman–Crippen MR) is 65.1 cm³/mol. The van der Waals surface area contributed by atoms with E-state index in [0.717, 1.165) is 5.88 Å². The molecule has 0 bridgehead atoms. The van der Waals surface area contributed by atoms with E-state index in [1.807, 2.05) is 0 Å². The van der Waals surface area contributed by atoms with E-state index in [-0.39, 0.29) is 0 Å². The van der Waals surface area contributed by atoms with Gasteiger partial charge in [-0.05, 0) is 31.7 Å². The topological polar surface area (TPSA) is 3.24 Å². The van der Waals surface area contributed by atoms with Gasteiger partial charge in [0, 0.05) is 18.2 Å². The molecule has 13 heavy (non-hydrogen) atoms. The molecule has 0 rings (SSSR count). The van der Waals surface area contributed by atoms with Gasteiger partial charge in [-0.1, -0.05) is 13.8 Å². The maximum atomic E-state index is 5.59. The Labute approximate surface area is 92.2 Å². The van der Waals surface area contributed by atoms with Crippen molar-refractivity contribution in [2.24, 2.45) is 0 Å². The monoisotopic (exact) mass is 223 g/mol. The van der Waals surface area contributed by atoms with Crippen LogP contribution in [-0.4, -0.2) is 41.9 Å². The highest BCUT2D eigenvalue weighted by Gasteiger charge is 1.97. The van der Waals surface area contributed by atoms with Crippen molar-refractivity contribution in [1.29, 1.82) is 0 Å². The zero-order valence-electron chi connectivity index (χ0n) is 8.89. The minimum absolute atomic E-state index is 0.816. The first-order valence-corrected chi connectivity index (χ1v) is 6.90. The van der Waals surface area contributed by atoms with E-state index < -0.39 is 0 Å². The van der Waals surface area contributed by atoms with E-state index in [4.69, 9.17) is 11.6 Å². The minimum atomic E-state index is 0.816. The highest BCUT2D eigenvalue weighted by Crippen LogP contribution is 2.05. The highest BCUT2D eigenvalue weighted by molar-refractivity contribution is 7.99. The van der Waals surface area contributed by atoms with Gasteiger partial charge in [-0.3, -0.25) is 0 Å². The van der Waals surface area contributed by atoms with Crippen LogP contribution in [0.2, 0.25) is 0 Å². The van der Waals surface area contributed by atoms with Gasteiger partial charge in [0.15, 0.2) is 0 Å². The van der Waals surface area contributed by atoms with Crippen LogP contribution in [0.3, 0.4) is 0 Å². The SMILES string of the molecule is CCN(CC)CCSCCCCCl. The third kappa shape index (κ3) is 8.92. The molecular weight excluding hydrogens is 202 g/mol. The number of unbranched alkanes of at least 4 members (excludes halogenated alkanes) is 1. The van der Waals surface area contributed by atoms with Crippen LogP contribution in [0, 0.1) is 0 Å². The first-order chi connectivity index (χ1) is 6.35. The quantitative estimate of drug-likeness (QED) is 0.437. The Balaban J connectivity index is 3.05. The summed E-state index contributed by atoms with van der Waals surface area (Å²) in [7, 11) is 0. The second kappa shape index (κ2) is 10.7. The molecule has 1 nitrogen and oxygen atoms in total. The van der Waals surface area contributed by atoms with Gasteiger partial charge in [-0.15, -0.1) is 11.6 Å². The van der Waals surface area contributed by atoms with Gasteiger partial charge in [0.25, 0.3) is 0 Å². The first-order valence-electron chi connectivity index (χ1n) is 5.21. The lowest BCUT2D eigenvalue weighted by molar-refractivity contribution is 0.324. The third-order valence-electron chi connectivity index (χ3n) is 2.12. The fraction of sp³-hybridized carbons (Fsp3) is 1.00. The molecule has 0 N–H and O–H groups in total. The van der Waals surface area contributed by atoms with Crippen molar-refractivity contribution in [2.75, 3.05) is 37.0 Å². The van der Waals surface area contributed by atoms with Gasteiger partial charge in [0.05, 0.1) is 0 Å². The Morgan fingerprint density at radius 2 is 1.77 bits per heavy atom. The maximum Gasteiger partial charge on any atom is 0.0223 e. The zero-order chi connectivity index (χ0) is 9.94. The molecule has 0 heterocycles. The summed E-state index contributed by atoms with van der Waals surface area (Å²) in [4.78, 5) is 2.47. The summed E-state index contributed by atoms with van der Waals surface area (Å²) >= 11 is 7.64. The van der Waals surface area contributed by atoms with E-state index in [1.165, 1.54) is 44.0 Å². The lowest BCUT2D eigenvalue weighted by Gasteiger charge is -2.17. The number of hydrogen-bond donors (Lipinski definition) is 0. The van der Waals surface area contributed by atoms with Crippen molar-refractivity contribution in [2.45, 2.75) is 26.7 Å². The number of rotatable bonds is 9. The van der Waals surface area contributed by atoms with Crippen molar-refractivity contribution in [1.82, 2.24) is 4.90 Å². The summed E-state index contributed by atoms with van der Waals surface area (Å²) in [6.07, 6.45) is 2.44. The number of halogens is 1. The zero-order valence-corrected chi connectivity index (χ0v) is 10.5. The van der Waals surface area contributed by atoms with E-state index in [0.29, 0.717) is 0 Å². The number of alkyl halides is 1. The summed E-state index contributed by atoms with van der Waals surface area (Å²) in [5, 5.41) is 0. The molecule has 0 aliphatic heterocycles. The molecule has 0 fully saturated rings. The van der Waals surface area contributed by atoms with Gasteiger partial charge in [0.1, 0.15) is 0 Å². The molecule has 0 aromatic carbocycles. The second-order valence-corrected chi connectivity index (χ2v) is 4.64. The molecule has 0 radical (unpaired) electrons. The first kappa shape index (κ1) is 13.6. The van der Waals surface area contributed by atoms with Crippen molar-refractivity contribution >= 4 is 23.4 Å². The Kier molecular flexibility index (Phi) is 11.2. The molecule has 0 aromatic rings. The van der Waals surface area contributed by atoms with Crippen LogP contribution in [-0.2, 0) is 0 Å². The Bertz CT molecular complexity index is 96.9. The van der Waals surface area contributed by atoms with Gasteiger partial charge >= 0.3 is 0 Å². The standard InChI is InChI=1S/C10H22ClNS/c1-3-12(4-2)8-10-13-9-6-5-7-11/h3-10H2,1-2H3. The summed E-state index contributed by atoms with van der Waals surface area (Å²) in [5.74, 6) is 3.36. The molecule has 0 aliphatic rings. The Morgan fingerprint density at radius 1 is 1.08 bits per heavy atom. The molecule has 0 aromatic heterocycles. The van der Waals surface area contributed by atoms with Crippen LogP contribution in [0.15, 0.2) is 0 Å². The summed E-state index contributed by atoms with van der Waals surface area (Å²) in [5.41, 5.74) is 0. The average Bonchev–Trinajstić information content (AvgIpc) is 2.17. The lowest BCUT2D eigenvalue weighted by Crippen LogP contribution is -2.25. The van der Waals surface area contributed by atoms with E-state index >= 15 is 0 Å². The molecule has 0 amide bonds. The van der Waals surface area contributed by atoms with Gasteiger partial charge in [-0.2, -0.15) is 11.8 Å². The van der Waals surface area contributed by atoms with Crippen LogP contribution < -0.4 is 0 Å². The lowest BCUT2D eigenvalue weighted by atomic mass is 10.4. The summed E-state index contributed by atoms with van der Waals surface area (Å²) < 4.78 is 0. The number of thioether (sulfide) groups is 1. The normalized spacial score (nSPS) is 11.1. The van der Waals surface area contributed by atoms with E-state index in [2.05, 4.69) is 30.5 Å². The Morgan fingerprint density at radius 3 is 2.31 bits per heavy atom. The molecule has 0 unspecified atom stereocenters. The third-order valence-corrected chi connectivity index (χ3v) is 3.43. The van der Waals surface area contributed by atoms with Crippen LogP contribution >= 0.6 is 23.4 Å². The molecular formula is C10H22ClNS. The molecule has 3 heteroatoms. The van der Waals surface area contributed by atoms with Crippen LogP contribution in [0.25, 0.3) is 0 Å². The van der Waals surface area contributed by atoms with Gasteiger partial charge in [-0.25, -0.2) is 0 Å². The van der Waals surface area contributed by atoms with E-state index in [1.54, 1.807) is 0 Å². The molecule has 0 aliphatic carbocycles. The Hall–Kier alpha value is 0.600.